The van der Waals surface area contributed by atoms with Gasteiger partial charge in [0.25, 0.3) is 0 Å². The number of carbonyl (C=O) groups is 1. The van der Waals surface area contributed by atoms with Crippen LogP contribution in [0.1, 0.15) is 79.1 Å². The molecule has 0 N–H and O–H groups in total. The van der Waals surface area contributed by atoms with Crippen molar-refractivity contribution in [1.82, 2.24) is 0 Å². The summed E-state index contributed by atoms with van der Waals surface area (Å²) in [5.41, 5.74) is -0.410. The third-order valence-corrected chi connectivity index (χ3v) is 3.31. The number of hydrogen-bond donors (Lipinski definition) is 0. The number of carbonyl (C=O) groups excluding carboxylic acids is 1. The van der Waals surface area contributed by atoms with Crippen molar-refractivity contribution in [2.75, 3.05) is 0 Å². The lowest BCUT2D eigenvalue weighted by atomic mass is 10.1. The smallest absolute Gasteiger partial charge is 0.338 e. The number of ether oxygens (including phenoxy) is 2. The summed E-state index contributed by atoms with van der Waals surface area (Å²) in [7, 11) is 0. The van der Waals surface area contributed by atoms with Gasteiger partial charge >= 0.3 is 5.97 Å². The molecule has 0 bridgehead atoms. The summed E-state index contributed by atoms with van der Waals surface area (Å²) in [4.78, 5) is 11.7. The van der Waals surface area contributed by atoms with Crippen LogP contribution >= 0.6 is 0 Å². The molecule has 0 unspecified atom stereocenters. The van der Waals surface area contributed by atoms with Gasteiger partial charge in [0.05, 0.1) is 6.10 Å². The third-order valence-electron chi connectivity index (χ3n) is 3.31. The van der Waals surface area contributed by atoms with Gasteiger partial charge in [0.1, 0.15) is 5.60 Å². The maximum Gasteiger partial charge on any atom is 0.338 e. The Kier molecular flexibility index (Phi) is 6.84. The molecule has 19 heavy (non-hydrogen) atoms. The minimum Gasteiger partial charge on any atom is -0.458 e. The van der Waals surface area contributed by atoms with E-state index in [9.17, 15) is 4.79 Å². The molecular weight excluding hydrogens is 240 g/mol. The lowest BCUT2D eigenvalue weighted by molar-refractivity contribution is -0.156. The highest BCUT2D eigenvalue weighted by molar-refractivity contribution is 5.78. The van der Waals surface area contributed by atoms with Gasteiger partial charge in [-0.25, -0.2) is 4.79 Å². The molecule has 0 spiro atoms. The summed E-state index contributed by atoms with van der Waals surface area (Å²) in [6.45, 7) is 7.90. The molecule has 1 aliphatic heterocycles. The van der Waals surface area contributed by atoms with Gasteiger partial charge in [-0.15, -0.1) is 0 Å². The van der Waals surface area contributed by atoms with Crippen LogP contribution in [0.5, 0.6) is 0 Å². The predicted molar refractivity (Wildman–Crippen MR) is 77.1 cm³/mol. The summed E-state index contributed by atoms with van der Waals surface area (Å²) < 4.78 is 10.7. The molecular formula is C16H30O3. The van der Waals surface area contributed by atoms with Crippen molar-refractivity contribution < 1.29 is 14.3 Å². The van der Waals surface area contributed by atoms with E-state index in [0.29, 0.717) is 0 Å². The molecule has 0 aromatic heterocycles. The van der Waals surface area contributed by atoms with E-state index in [1.165, 1.54) is 38.5 Å². The first-order chi connectivity index (χ1) is 8.94. The Bertz CT molecular complexity index is 268. The Hall–Kier alpha value is -0.570. The Morgan fingerprint density at radius 2 is 1.63 bits per heavy atom. The van der Waals surface area contributed by atoms with Gasteiger partial charge < -0.3 is 9.47 Å². The van der Waals surface area contributed by atoms with E-state index >= 15 is 0 Å². The molecule has 1 fully saturated rings. The molecule has 1 rings (SSSR count). The van der Waals surface area contributed by atoms with Crippen LogP contribution in [0.25, 0.3) is 0 Å². The molecule has 112 valence electrons. The molecule has 3 nitrogen and oxygen atoms in total. The molecule has 1 aliphatic rings. The maximum atomic E-state index is 11.7. The van der Waals surface area contributed by atoms with Crippen molar-refractivity contribution in [3.8, 4) is 0 Å². The zero-order chi connectivity index (χ0) is 14.3. The highest BCUT2D eigenvalue weighted by Crippen LogP contribution is 2.30. The number of hydrogen-bond acceptors (Lipinski definition) is 3. The van der Waals surface area contributed by atoms with Crippen LogP contribution in [0.15, 0.2) is 0 Å². The van der Waals surface area contributed by atoms with Gasteiger partial charge in [0.15, 0.2) is 6.10 Å². The fourth-order valence-electron chi connectivity index (χ4n) is 2.23. The summed E-state index contributed by atoms with van der Waals surface area (Å²) >= 11 is 0. The maximum absolute atomic E-state index is 11.7. The van der Waals surface area contributed by atoms with Crippen molar-refractivity contribution in [3.63, 3.8) is 0 Å². The second kappa shape index (κ2) is 7.88. The molecule has 1 heterocycles. The first-order valence-corrected chi connectivity index (χ1v) is 7.82. The largest absolute Gasteiger partial charge is 0.458 e. The Morgan fingerprint density at radius 1 is 1.05 bits per heavy atom. The van der Waals surface area contributed by atoms with Gasteiger partial charge in [0, 0.05) is 0 Å². The number of rotatable bonds is 9. The van der Waals surface area contributed by atoms with E-state index in [0.717, 1.165) is 12.8 Å². The second-order valence-electron chi connectivity index (χ2n) is 6.54. The minimum absolute atomic E-state index is 0.116. The van der Waals surface area contributed by atoms with Crippen LogP contribution in [0.3, 0.4) is 0 Å². The predicted octanol–water partition coefficient (Wildman–Crippen LogP) is 4.24. The normalized spacial score (nSPS) is 22.3. The molecule has 3 heteroatoms. The topological polar surface area (TPSA) is 38.8 Å². The first-order valence-electron chi connectivity index (χ1n) is 7.82. The minimum atomic E-state index is -0.410. The molecule has 0 radical (unpaired) electrons. The van der Waals surface area contributed by atoms with Crippen LogP contribution in [0, 0.1) is 0 Å². The van der Waals surface area contributed by atoms with E-state index in [-0.39, 0.29) is 18.2 Å². The SMILES string of the molecule is CCCCCCCCC[C@H]1O[C@@H]1C(=O)OC(C)(C)C. The number of esters is 1. The van der Waals surface area contributed by atoms with Crippen LogP contribution in [-0.4, -0.2) is 23.8 Å². The monoisotopic (exact) mass is 270 g/mol. The van der Waals surface area contributed by atoms with E-state index < -0.39 is 5.60 Å². The van der Waals surface area contributed by atoms with E-state index in [2.05, 4.69) is 6.92 Å². The average molecular weight is 270 g/mol. The lowest BCUT2D eigenvalue weighted by Crippen LogP contribution is -2.27. The molecule has 0 aromatic carbocycles. The summed E-state index contributed by atoms with van der Waals surface area (Å²) in [6.07, 6.45) is 9.90. The number of epoxide rings is 1. The molecule has 0 aliphatic carbocycles. The fourth-order valence-corrected chi connectivity index (χ4v) is 2.23. The van der Waals surface area contributed by atoms with Crippen molar-refractivity contribution in [2.45, 2.75) is 96.9 Å². The van der Waals surface area contributed by atoms with E-state index in [1.54, 1.807) is 0 Å². The Balaban J connectivity index is 1.97. The highest BCUT2D eigenvalue weighted by Gasteiger charge is 2.46. The van der Waals surface area contributed by atoms with Gasteiger partial charge in [-0.3, -0.25) is 0 Å². The van der Waals surface area contributed by atoms with Crippen LogP contribution in [-0.2, 0) is 14.3 Å². The summed E-state index contributed by atoms with van der Waals surface area (Å²) in [5, 5.41) is 0. The molecule has 0 aromatic rings. The molecule has 0 amide bonds. The van der Waals surface area contributed by atoms with Gasteiger partial charge in [-0.2, -0.15) is 0 Å². The molecule has 2 atom stereocenters. The average Bonchev–Trinajstić information content (AvgIpc) is 3.05. The van der Waals surface area contributed by atoms with Gasteiger partial charge in [-0.1, -0.05) is 51.9 Å². The zero-order valence-electron chi connectivity index (χ0n) is 13.0. The van der Waals surface area contributed by atoms with Crippen molar-refractivity contribution in [1.29, 1.82) is 0 Å². The Morgan fingerprint density at radius 3 is 2.21 bits per heavy atom. The van der Waals surface area contributed by atoms with Crippen LogP contribution < -0.4 is 0 Å². The molecule has 0 saturated carbocycles. The Labute approximate surface area is 118 Å². The highest BCUT2D eigenvalue weighted by atomic mass is 16.6. The van der Waals surface area contributed by atoms with Crippen LogP contribution in [0.4, 0.5) is 0 Å². The summed E-state index contributed by atoms with van der Waals surface area (Å²) in [6, 6.07) is 0. The first kappa shape index (κ1) is 16.5. The fraction of sp³-hybridized carbons (Fsp3) is 0.938. The van der Waals surface area contributed by atoms with Crippen molar-refractivity contribution in [3.05, 3.63) is 0 Å². The van der Waals surface area contributed by atoms with E-state index in [1.807, 2.05) is 20.8 Å². The quantitative estimate of drug-likeness (QED) is 0.357. The van der Waals surface area contributed by atoms with E-state index in [4.69, 9.17) is 9.47 Å². The summed E-state index contributed by atoms with van der Waals surface area (Å²) in [5.74, 6) is -0.194. The molecule has 1 saturated heterocycles. The third kappa shape index (κ3) is 7.56. The van der Waals surface area contributed by atoms with Gasteiger partial charge in [-0.05, 0) is 27.2 Å². The number of unbranched alkanes of at least 4 members (excludes halogenated alkanes) is 6. The second-order valence-corrected chi connectivity index (χ2v) is 6.54. The lowest BCUT2D eigenvalue weighted by Gasteiger charge is -2.18. The zero-order valence-corrected chi connectivity index (χ0v) is 13.0. The van der Waals surface area contributed by atoms with Crippen molar-refractivity contribution in [2.24, 2.45) is 0 Å². The van der Waals surface area contributed by atoms with Crippen molar-refractivity contribution >= 4 is 5.97 Å². The standard InChI is InChI=1S/C16H30O3/c1-5-6-7-8-9-10-11-12-13-14(18-13)15(17)19-16(2,3)4/h13-14H,5-12H2,1-4H3/t13-,14+/m1/s1. The van der Waals surface area contributed by atoms with Crippen LogP contribution in [0.2, 0.25) is 0 Å². The van der Waals surface area contributed by atoms with Gasteiger partial charge in [0.2, 0.25) is 0 Å².